The highest BCUT2D eigenvalue weighted by Crippen LogP contribution is 2.49. The summed E-state index contributed by atoms with van der Waals surface area (Å²) >= 11 is 0. The van der Waals surface area contributed by atoms with Gasteiger partial charge in [-0.05, 0) is 54.4 Å². The fourth-order valence-electron chi connectivity index (χ4n) is 4.90. The molecule has 10 nitrogen and oxygen atoms in total. The number of carbonyl (C=O) groups excluding carboxylic acids is 1. The van der Waals surface area contributed by atoms with Crippen molar-refractivity contribution >= 4 is 23.4 Å². The summed E-state index contributed by atoms with van der Waals surface area (Å²) in [6.07, 6.45) is 1.25. The van der Waals surface area contributed by atoms with Gasteiger partial charge in [-0.2, -0.15) is 5.10 Å². The largest absolute Gasteiger partial charge is 0.497 e. The van der Waals surface area contributed by atoms with Crippen molar-refractivity contribution in [2.24, 2.45) is 0 Å². The Labute approximate surface area is 224 Å². The second-order valence-corrected chi connectivity index (χ2v) is 9.04. The van der Waals surface area contributed by atoms with Crippen LogP contribution in [0.2, 0.25) is 0 Å². The number of nitrogens with zero attached hydrogens (tertiary/aromatic N) is 2. The predicted octanol–water partition coefficient (Wildman–Crippen LogP) is 4.22. The Morgan fingerprint density at radius 2 is 1.67 bits per heavy atom. The molecular formula is C29H28N4O6. The number of aromatic nitrogens is 2. The number of amides is 1. The van der Waals surface area contributed by atoms with Crippen LogP contribution in [0.5, 0.6) is 11.5 Å². The molecule has 0 radical (unpaired) electrons. The number of nitrogens with one attached hydrogen (secondary N) is 2. The monoisotopic (exact) mass is 528 g/mol. The van der Waals surface area contributed by atoms with Gasteiger partial charge in [0, 0.05) is 5.69 Å². The molecule has 0 saturated carbocycles. The molecule has 10 heteroatoms. The van der Waals surface area contributed by atoms with Crippen molar-refractivity contribution in [1.82, 2.24) is 9.78 Å². The molecule has 1 aliphatic rings. The van der Waals surface area contributed by atoms with E-state index in [2.05, 4.69) is 15.7 Å². The number of carbonyl (C=O) groups is 2. The van der Waals surface area contributed by atoms with Gasteiger partial charge in [0.2, 0.25) is 0 Å². The van der Waals surface area contributed by atoms with Gasteiger partial charge in [-0.3, -0.25) is 4.79 Å². The third-order valence-corrected chi connectivity index (χ3v) is 6.77. The highest BCUT2D eigenvalue weighted by Gasteiger charge is 2.56. The third-order valence-electron chi connectivity index (χ3n) is 6.77. The maximum atomic E-state index is 13.3. The van der Waals surface area contributed by atoms with E-state index >= 15 is 0 Å². The lowest BCUT2D eigenvalue weighted by molar-refractivity contribution is -0.179. The quantitative estimate of drug-likeness (QED) is 0.267. The molecule has 4 aromatic rings. The molecule has 4 N–H and O–H groups in total. The van der Waals surface area contributed by atoms with E-state index in [-0.39, 0.29) is 11.4 Å². The minimum absolute atomic E-state index is 0.0774. The first-order chi connectivity index (χ1) is 18.9. The number of rotatable bonds is 8. The summed E-state index contributed by atoms with van der Waals surface area (Å²) in [5.41, 5.74) is -0.647. The van der Waals surface area contributed by atoms with Gasteiger partial charge in [0.25, 0.3) is 11.6 Å². The summed E-state index contributed by atoms with van der Waals surface area (Å²) in [5.74, 6) is -1.65. The molecule has 0 aliphatic carbocycles. The molecule has 3 atom stereocenters. The van der Waals surface area contributed by atoms with Crippen LogP contribution in [0.15, 0.2) is 85.1 Å². The van der Waals surface area contributed by atoms with Crippen LogP contribution in [0.25, 0.3) is 0 Å². The van der Waals surface area contributed by atoms with Gasteiger partial charge in [0.1, 0.15) is 22.9 Å². The Morgan fingerprint density at radius 3 is 2.28 bits per heavy atom. The number of aliphatic hydroxyl groups is 1. The van der Waals surface area contributed by atoms with E-state index in [1.54, 1.807) is 79.9 Å². The number of hydrogen-bond donors (Lipinski definition) is 4. The van der Waals surface area contributed by atoms with Gasteiger partial charge in [-0.1, -0.05) is 42.5 Å². The Balaban J connectivity index is 1.59. The summed E-state index contributed by atoms with van der Waals surface area (Å²) in [6.45, 7) is 2.40. The molecule has 3 aromatic carbocycles. The number of ether oxygens (including phenoxy) is 2. The number of aliphatic carboxylic acids is 1. The van der Waals surface area contributed by atoms with E-state index in [9.17, 15) is 19.8 Å². The number of methoxy groups -OCH3 is 1. The van der Waals surface area contributed by atoms with E-state index in [0.717, 1.165) is 4.68 Å². The molecule has 1 amide bonds. The zero-order valence-electron chi connectivity index (χ0n) is 21.4. The normalized spacial score (nSPS) is 19.9. The Hall–Kier alpha value is -4.83. The van der Waals surface area contributed by atoms with Crippen LogP contribution in [-0.4, -0.2) is 45.6 Å². The highest BCUT2D eigenvalue weighted by atomic mass is 16.5. The van der Waals surface area contributed by atoms with Crippen molar-refractivity contribution in [3.05, 3.63) is 102 Å². The lowest BCUT2D eigenvalue weighted by Crippen LogP contribution is -2.54. The fourth-order valence-corrected chi connectivity index (χ4v) is 4.90. The molecule has 0 unspecified atom stereocenters. The Bertz CT molecular complexity index is 1470. The van der Waals surface area contributed by atoms with Crippen LogP contribution in [0.3, 0.4) is 0 Å². The summed E-state index contributed by atoms with van der Waals surface area (Å²) in [4.78, 5) is 26.1. The number of anilines is 2. The first-order valence-electron chi connectivity index (χ1n) is 12.4. The number of benzene rings is 3. The molecule has 0 spiro atoms. The van der Waals surface area contributed by atoms with E-state index in [1.807, 2.05) is 13.0 Å². The molecule has 0 saturated heterocycles. The smallest absolute Gasteiger partial charge is 0.360 e. The molecule has 0 bridgehead atoms. The zero-order valence-corrected chi connectivity index (χ0v) is 21.4. The van der Waals surface area contributed by atoms with Crippen LogP contribution in [0, 0.1) is 0 Å². The van der Waals surface area contributed by atoms with Crippen LogP contribution >= 0.6 is 0 Å². The van der Waals surface area contributed by atoms with Crippen LogP contribution in [-0.2, 0) is 10.5 Å². The number of carboxylic acids is 1. The van der Waals surface area contributed by atoms with Crippen LogP contribution in [0.4, 0.5) is 11.5 Å². The number of carboxylic acid groups (broad SMARTS) is 1. The number of fused-ring (bicyclic) bond motifs is 1. The van der Waals surface area contributed by atoms with Gasteiger partial charge in [-0.15, -0.1) is 0 Å². The van der Waals surface area contributed by atoms with Crippen molar-refractivity contribution in [3.63, 3.8) is 0 Å². The first kappa shape index (κ1) is 25.8. The summed E-state index contributed by atoms with van der Waals surface area (Å²) in [5, 5.41) is 32.6. The average molecular weight is 529 g/mol. The van der Waals surface area contributed by atoms with Crippen molar-refractivity contribution in [2.75, 3.05) is 24.4 Å². The summed E-state index contributed by atoms with van der Waals surface area (Å²) in [7, 11) is 1.55. The molecule has 39 heavy (non-hydrogen) atoms. The molecule has 0 fully saturated rings. The highest BCUT2D eigenvalue weighted by molar-refractivity contribution is 6.07. The topological polar surface area (TPSA) is 135 Å². The van der Waals surface area contributed by atoms with Gasteiger partial charge in [0.15, 0.2) is 0 Å². The van der Waals surface area contributed by atoms with Crippen LogP contribution < -0.4 is 20.1 Å². The molecule has 200 valence electrons. The predicted molar refractivity (Wildman–Crippen MR) is 144 cm³/mol. The lowest BCUT2D eigenvalue weighted by Gasteiger charge is -2.43. The second-order valence-electron chi connectivity index (χ2n) is 9.04. The van der Waals surface area contributed by atoms with E-state index < -0.39 is 29.6 Å². The standard InChI is InChI=1S/C29H28N4O6/c1-3-39-22-15-11-20(12-16-22)31-27(34)23-17-30-33-26(23)32-25(19-9-13-21(38-2)14-10-19)24(29(33,37)28(35)36)18-7-5-4-6-8-18/h4-17,24-25,32,37H,3H2,1-2H3,(H,31,34)(H,35,36)/t24-,25+,29-/m0/s1. The molecular weight excluding hydrogens is 500 g/mol. The number of hydrogen-bond acceptors (Lipinski definition) is 7. The summed E-state index contributed by atoms with van der Waals surface area (Å²) in [6, 6.07) is 22.1. The van der Waals surface area contributed by atoms with Gasteiger partial charge in [0.05, 0.1) is 31.9 Å². The minimum Gasteiger partial charge on any atom is -0.497 e. The second kappa shape index (κ2) is 10.5. The fraction of sp³-hybridized carbons (Fsp3) is 0.207. The van der Waals surface area contributed by atoms with Crippen molar-refractivity contribution in [2.45, 2.75) is 24.6 Å². The van der Waals surface area contributed by atoms with E-state index in [4.69, 9.17) is 9.47 Å². The first-order valence-corrected chi connectivity index (χ1v) is 12.4. The van der Waals surface area contributed by atoms with Gasteiger partial charge in [-0.25, -0.2) is 9.48 Å². The lowest BCUT2D eigenvalue weighted by atomic mass is 9.77. The average Bonchev–Trinajstić information content (AvgIpc) is 3.39. The molecule has 5 rings (SSSR count). The maximum absolute atomic E-state index is 13.3. The van der Waals surface area contributed by atoms with E-state index in [1.165, 1.54) is 6.20 Å². The molecule has 2 heterocycles. The zero-order chi connectivity index (χ0) is 27.6. The van der Waals surface area contributed by atoms with Gasteiger partial charge < -0.3 is 30.3 Å². The SMILES string of the molecule is CCOc1ccc(NC(=O)c2cnn3c2N[C@H](c2ccc(OC)cc2)[C@H](c2ccccc2)[C@]3(O)C(=O)O)cc1. The minimum atomic E-state index is -2.51. The third kappa shape index (κ3) is 4.66. The molecule has 1 aromatic heterocycles. The van der Waals surface area contributed by atoms with Crippen molar-refractivity contribution in [3.8, 4) is 11.5 Å². The molecule has 1 aliphatic heterocycles. The van der Waals surface area contributed by atoms with Crippen molar-refractivity contribution < 1.29 is 29.3 Å². The van der Waals surface area contributed by atoms with Crippen LogP contribution in [0.1, 0.15) is 40.4 Å². The maximum Gasteiger partial charge on any atom is 0.360 e. The van der Waals surface area contributed by atoms with E-state index in [0.29, 0.717) is 34.9 Å². The summed E-state index contributed by atoms with van der Waals surface area (Å²) < 4.78 is 11.7. The van der Waals surface area contributed by atoms with Gasteiger partial charge >= 0.3 is 5.97 Å². The van der Waals surface area contributed by atoms with Crippen molar-refractivity contribution in [1.29, 1.82) is 0 Å². The Morgan fingerprint density at radius 1 is 1.00 bits per heavy atom. The Kier molecular flexibility index (Phi) is 6.95.